The molecule has 1 aromatic heterocycles. The fourth-order valence-electron chi connectivity index (χ4n) is 3.09. The molecule has 1 aliphatic heterocycles. The molecule has 8 heteroatoms. The first-order valence-electron chi connectivity index (χ1n) is 9.28. The Morgan fingerprint density at radius 2 is 2.00 bits per heavy atom. The number of carboxylic acid groups (broad SMARTS) is 1. The molecule has 0 bridgehead atoms. The maximum atomic E-state index is 13.4. The predicted octanol–water partition coefficient (Wildman–Crippen LogP) is 5.33. The van der Waals surface area contributed by atoms with Crippen LogP contribution in [0.2, 0.25) is 0 Å². The number of amides is 1. The quantitative estimate of drug-likeness (QED) is 0.559. The molecule has 156 valence electrons. The van der Waals surface area contributed by atoms with E-state index in [2.05, 4.69) is 4.99 Å². The van der Waals surface area contributed by atoms with Gasteiger partial charge in [0.2, 0.25) is 0 Å². The molecule has 4 rings (SSSR count). The highest BCUT2D eigenvalue weighted by Gasteiger charge is 2.30. The van der Waals surface area contributed by atoms with Gasteiger partial charge in [-0.3, -0.25) is 9.69 Å². The van der Waals surface area contributed by atoms with Crippen molar-refractivity contribution in [1.29, 1.82) is 0 Å². The molecule has 0 atom stereocenters. The summed E-state index contributed by atoms with van der Waals surface area (Å²) < 4.78 is 19.3. The summed E-state index contributed by atoms with van der Waals surface area (Å²) in [6.07, 6.45) is 1.63. The Morgan fingerprint density at radius 1 is 1.19 bits per heavy atom. The van der Waals surface area contributed by atoms with Gasteiger partial charge in [-0.15, -0.1) is 0 Å². The Hall–Kier alpha value is -3.65. The van der Waals surface area contributed by atoms with Crippen LogP contribution in [0.25, 0.3) is 17.4 Å². The highest BCUT2D eigenvalue weighted by molar-refractivity contribution is 8.18. The second kappa shape index (κ2) is 8.23. The number of amidine groups is 1. The summed E-state index contributed by atoms with van der Waals surface area (Å²) in [5.74, 6) is -0.577. The molecule has 1 amide bonds. The van der Waals surface area contributed by atoms with Gasteiger partial charge in [0.15, 0.2) is 5.17 Å². The number of halogens is 1. The lowest BCUT2D eigenvalue weighted by molar-refractivity contribution is -0.121. The molecule has 0 radical (unpaired) electrons. The summed E-state index contributed by atoms with van der Waals surface area (Å²) in [6.45, 7) is 1.81. The third kappa shape index (κ3) is 4.29. The highest BCUT2D eigenvalue weighted by atomic mass is 32.2. The van der Waals surface area contributed by atoms with E-state index in [1.165, 1.54) is 34.9 Å². The standard InChI is InChI=1S/C23H17FN2O4S/c1-13-10-14(22(28)29)6-8-18(13)19-9-7-17(30-19)12-20-21(27)26(2)23(31-20)25-16-5-3-4-15(24)11-16/h3-12H,1-2H3,(H,28,29)/b20-12-,25-23?. The zero-order valence-corrected chi connectivity index (χ0v) is 17.4. The molecule has 2 heterocycles. The van der Waals surface area contributed by atoms with Crippen molar-refractivity contribution in [3.8, 4) is 11.3 Å². The van der Waals surface area contributed by atoms with Gasteiger partial charge in [-0.05, 0) is 66.7 Å². The van der Waals surface area contributed by atoms with Crippen LogP contribution < -0.4 is 0 Å². The van der Waals surface area contributed by atoms with Gasteiger partial charge in [0.05, 0.1) is 16.2 Å². The predicted molar refractivity (Wildman–Crippen MR) is 118 cm³/mol. The second-order valence-electron chi connectivity index (χ2n) is 6.89. The minimum Gasteiger partial charge on any atom is -0.478 e. The summed E-state index contributed by atoms with van der Waals surface area (Å²) in [5.41, 5.74) is 2.16. The number of carbonyl (C=O) groups excluding carboxylic acids is 1. The van der Waals surface area contributed by atoms with Crippen molar-refractivity contribution in [2.75, 3.05) is 7.05 Å². The van der Waals surface area contributed by atoms with Crippen LogP contribution in [0.3, 0.4) is 0 Å². The molecule has 0 spiro atoms. The van der Waals surface area contributed by atoms with E-state index in [-0.39, 0.29) is 11.5 Å². The van der Waals surface area contributed by atoms with E-state index in [1.54, 1.807) is 49.5 Å². The average molecular weight is 436 g/mol. The minimum absolute atomic E-state index is 0.205. The molecule has 6 nitrogen and oxygen atoms in total. The number of aliphatic imine (C=N–C) groups is 1. The monoisotopic (exact) mass is 436 g/mol. The Balaban J connectivity index is 1.59. The van der Waals surface area contributed by atoms with Crippen LogP contribution in [0.4, 0.5) is 10.1 Å². The zero-order chi connectivity index (χ0) is 22.1. The molecule has 3 aromatic rings. The zero-order valence-electron chi connectivity index (χ0n) is 16.6. The average Bonchev–Trinajstić information content (AvgIpc) is 3.29. The fraction of sp³-hybridized carbons (Fsp3) is 0.0870. The van der Waals surface area contributed by atoms with Crippen LogP contribution in [0.1, 0.15) is 21.7 Å². The molecule has 2 aromatic carbocycles. The highest BCUT2D eigenvalue weighted by Crippen LogP contribution is 2.34. The molecule has 1 N–H and O–H groups in total. The molecule has 1 aliphatic rings. The van der Waals surface area contributed by atoms with E-state index >= 15 is 0 Å². The molecule has 0 saturated carbocycles. The SMILES string of the molecule is Cc1cc(C(=O)O)ccc1-c1ccc(/C=C2\SC(=Nc3cccc(F)c3)N(C)C2=O)o1. The van der Waals surface area contributed by atoms with Crippen molar-refractivity contribution >= 4 is 40.6 Å². The van der Waals surface area contributed by atoms with Crippen LogP contribution in [-0.4, -0.2) is 34.1 Å². The lowest BCUT2D eigenvalue weighted by Gasteiger charge is -2.06. The number of rotatable bonds is 4. The lowest BCUT2D eigenvalue weighted by atomic mass is 10.0. The number of carbonyl (C=O) groups is 2. The van der Waals surface area contributed by atoms with Gasteiger partial charge in [0, 0.05) is 18.7 Å². The summed E-state index contributed by atoms with van der Waals surface area (Å²) in [5, 5.41) is 9.55. The third-order valence-corrected chi connectivity index (χ3v) is 5.74. The van der Waals surface area contributed by atoms with E-state index in [1.807, 2.05) is 6.92 Å². The van der Waals surface area contributed by atoms with Crippen molar-refractivity contribution in [3.05, 3.63) is 82.2 Å². The second-order valence-corrected chi connectivity index (χ2v) is 7.90. The summed E-state index contributed by atoms with van der Waals surface area (Å²) in [7, 11) is 1.61. The Kier molecular flexibility index (Phi) is 5.48. The van der Waals surface area contributed by atoms with E-state index < -0.39 is 11.8 Å². The van der Waals surface area contributed by atoms with Crippen LogP contribution in [0.5, 0.6) is 0 Å². The van der Waals surface area contributed by atoms with Gasteiger partial charge in [-0.25, -0.2) is 14.2 Å². The summed E-state index contributed by atoms with van der Waals surface area (Å²) in [6, 6.07) is 14.1. The number of nitrogens with zero attached hydrogens (tertiary/aromatic N) is 2. The van der Waals surface area contributed by atoms with Gasteiger partial charge in [-0.2, -0.15) is 0 Å². The van der Waals surface area contributed by atoms with E-state index in [0.29, 0.717) is 27.3 Å². The smallest absolute Gasteiger partial charge is 0.335 e. The number of furan rings is 1. The molecule has 31 heavy (non-hydrogen) atoms. The largest absolute Gasteiger partial charge is 0.478 e. The number of carboxylic acids is 1. The van der Waals surface area contributed by atoms with Crippen molar-refractivity contribution in [2.24, 2.45) is 4.99 Å². The molecule has 1 saturated heterocycles. The lowest BCUT2D eigenvalue weighted by Crippen LogP contribution is -2.23. The molecular formula is C23H17FN2O4S. The third-order valence-electron chi connectivity index (χ3n) is 4.68. The normalized spacial score (nSPS) is 16.5. The number of hydrogen-bond acceptors (Lipinski definition) is 5. The fourth-order valence-corrected chi connectivity index (χ4v) is 4.05. The van der Waals surface area contributed by atoms with Crippen LogP contribution >= 0.6 is 11.8 Å². The van der Waals surface area contributed by atoms with Crippen molar-refractivity contribution in [1.82, 2.24) is 4.90 Å². The molecular weight excluding hydrogens is 419 g/mol. The van der Waals surface area contributed by atoms with Gasteiger partial charge in [-0.1, -0.05) is 12.1 Å². The van der Waals surface area contributed by atoms with Crippen molar-refractivity contribution < 1.29 is 23.5 Å². The number of aryl methyl sites for hydroxylation is 1. The Labute approximate surface area is 181 Å². The van der Waals surface area contributed by atoms with Crippen molar-refractivity contribution in [3.63, 3.8) is 0 Å². The van der Waals surface area contributed by atoms with Gasteiger partial charge in [0.1, 0.15) is 17.3 Å². The van der Waals surface area contributed by atoms with Gasteiger partial charge >= 0.3 is 5.97 Å². The molecule has 1 fully saturated rings. The Morgan fingerprint density at radius 3 is 2.71 bits per heavy atom. The van der Waals surface area contributed by atoms with E-state index in [9.17, 15) is 14.0 Å². The summed E-state index contributed by atoms with van der Waals surface area (Å²) in [4.78, 5) is 29.9. The number of aromatic carboxylic acids is 1. The van der Waals surface area contributed by atoms with Gasteiger partial charge < -0.3 is 9.52 Å². The Bertz CT molecular complexity index is 1260. The first kappa shape index (κ1) is 20.6. The first-order chi connectivity index (χ1) is 14.8. The number of benzene rings is 2. The van der Waals surface area contributed by atoms with Crippen LogP contribution in [0.15, 0.2) is 68.9 Å². The van der Waals surface area contributed by atoms with Crippen LogP contribution in [-0.2, 0) is 4.79 Å². The number of hydrogen-bond donors (Lipinski definition) is 1. The summed E-state index contributed by atoms with van der Waals surface area (Å²) >= 11 is 1.18. The molecule has 0 aliphatic carbocycles. The molecule has 0 unspecified atom stereocenters. The first-order valence-corrected chi connectivity index (χ1v) is 10.1. The maximum absolute atomic E-state index is 13.4. The minimum atomic E-state index is -0.990. The number of thioether (sulfide) groups is 1. The van der Waals surface area contributed by atoms with Crippen molar-refractivity contribution in [2.45, 2.75) is 6.92 Å². The van der Waals surface area contributed by atoms with Crippen LogP contribution in [0, 0.1) is 12.7 Å². The number of likely N-dealkylation sites (N-methyl/N-ethyl adjacent to an activating group) is 1. The maximum Gasteiger partial charge on any atom is 0.335 e. The van der Waals surface area contributed by atoms with E-state index in [4.69, 9.17) is 9.52 Å². The topological polar surface area (TPSA) is 83.1 Å². The van der Waals surface area contributed by atoms with E-state index in [0.717, 1.165) is 11.1 Å². The van der Waals surface area contributed by atoms with Gasteiger partial charge in [0.25, 0.3) is 5.91 Å².